The highest BCUT2D eigenvalue weighted by Crippen LogP contribution is 2.33. The van der Waals surface area contributed by atoms with Crippen LogP contribution in [0.15, 0.2) is 146 Å². The largest absolute Gasteiger partial charge is 0.497 e. The monoisotopic (exact) mass is 1220 g/mol. The van der Waals surface area contributed by atoms with Crippen LogP contribution in [-0.4, -0.2) is 113 Å². The Kier molecular flexibility index (Phi) is 32.1. The molecule has 3 atom stereocenters. The molecule has 3 N–H and O–H groups in total. The molecule has 3 amide bonds. The lowest BCUT2D eigenvalue weighted by molar-refractivity contribution is 0.0929. The third kappa shape index (κ3) is 21.2. The molecule has 3 unspecified atom stereocenters. The first-order valence-corrected chi connectivity index (χ1v) is 27.6. The number of halogens is 6. The van der Waals surface area contributed by atoms with Gasteiger partial charge in [0, 0.05) is 58.3 Å². The molecule has 0 aromatic heterocycles. The minimum atomic E-state index is -0.102. The number of carbonyl (C=O) groups excluding carboxylic acids is 3. The van der Waals surface area contributed by atoms with Crippen LogP contribution in [-0.2, 0) is 0 Å². The Balaban J connectivity index is 0.000000305. The molecule has 0 bridgehead atoms. The fourth-order valence-electron chi connectivity index (χ4n) is 9.87. The maximum absolute atomic E-state index is 12.5. The van der Waals surface area contributed by atoms with Crippen LogP contribution in [0.1, 0.15) is 111 Å². The van der Waals surface area contributed by atoms with Gasteiger partial charge in [0.2, 0.25) is 0 Å². The molecule has 0 radical (unpaired) electrons. The van der Waals surface area contributed by atoms with Gasteiger partial charge in [-0.25, -0.2) is 0 Å². The maximum Gasteiger partial charge on any atom is 0.251 e. The van der Waals surface area contributed by atoms with Gasteiger partial charge < -0.3 is 30.2 Å². The Labute approximate surface area is 512 Å². The van der Waals surface area contributed by atoms with Gasteiger partial charge in [-0.3, -0.25) is 29.1 Å². The van der Waals surface area contributed by atoms with Crippen molar-refractivity contribution in [2.75, 3.05) is 80.2 Å². The van der Waals surface area contributed by atoms with Gasteiger partial charge in [-0.2, -0.15) is 5.26 Å². The first kappa shape index (κ1) is 69.5. The number of amides is 3. The summed E-state index contributed by atoms with van der Waals surface area (Å²) in [4.78, 5) is 44.8. The van der Waals surface area contributed by atoms with Crippen LogP contribution in [0.5, 0.6) is 17.2 Å². The van der Waals surface area contributed by atoms with E-state index in [0.717, 1.165) is 71.0 Å². The standard InChI is InChI=1S/3C20H23ClN2O2.C2H3N.3ClH/c3*1-25-16-8-6-7-15(13-16)20(24)22-14-19(23-11-4-5-12-23)17-9-2-3-10-18(17)21;1-2-3;;;/h3*2-3,6-10,13,19H,4-5,11-12,14H2,1H3,(H,22,24);1H3;3*1H. The molecule has 3 heterocycles. The highest BCUT2D eigenvalue weighted by molar-refractivity contribution is 6.32. The molecule has 3 saturated heterocycles. The average Bonchev–Trinajstić information content (AvgIpc) is 4.35. The molecule has 13 nitrogen and oxygen atoms in total. The second-order valence-corrected chi connectivity index (χ2v) is 20.1. The minimum Gasteiger partial charge on any atom is -0.497 e. The van der Waals surface area contributed by atoms with E-state index in [1.165, 1.54) is 45.4 Å². The molecule has 3 aliphatic rings. The fourth-order valence-corrected chi connectivity index (χ4v) is 10.7. The van der Waals surface area contributed by atoms with Crippen LogP contribution in [0, 0.1) is 11.3 Å². The molecule has 81 heavy (non-hydrogen) atoms. The van der Waals surface area contributed by atoms with Crippen molar-refractivity contribution in [3.8, 4) is 23.3 Å². The third-order valence-electron chi connectivity index (χ3n) is 13.9. The first-order chi connectivity index (χ1) is 38.0. The highest BCUT2D eigenvalue weighted by atomic mass is 35.5. The highest BCUT2D eigenvalue weighted by Gasteiger charge is 2.28. The van der Waals surface area contributed by atoms with Gasteiger partial charge in [0.05, 0.1) is 45.5 Å². The summed E-state index contributed by atoms with van der Waals surface area (Å²) in [5, 5.41) is 18.7. The Hall–Kier alpha value is -5.76. The third-order valence-corrected chi connectivity index (χ3v) is 14.9. The molecule has 0 aliphatic carbocycles. The van der Waals surface area contributed by atoms with Crippen LogP contribution in [0.4, 0.5) is 0 Å². The summed E-state index contributed by atoms with van der Waals surface area (Å²) in [6, 6.07) is 47.2. The molecule has 3 aliphatic heterocycles. The van der Waals surface area contributed by atoms with Crippen molar-refractivity contribution < 1.29 is 28.6 Å². The van der Waals surface area contributed by atoms with Crippen LogP contribution in [0.25, 0.3) is 0 Å². The molecule has 3 fully saturated rings. The fraction of sp³-hybridized carbons (Fsp3) is 0.355. The summed E-state index contributed by atoms with van der Waals surface area (Å²) in [5.41, 5.74) is 4.99. The molecular weight excluding hydrogens is 1150 g/mol. The van der Waals surface area contributed by atoms with Gasteiger partial charge in [-0.1, -0.05) is 108 Å². The van der Waals surface area contributed by atoms with E-state index in [0.29, 0.717) is 53.6 Å². The van der Waals surface area contributed by atoms with Crippen molar-refractivity contribution >= 4 is 89.7 Å². The van der Waals surface area contributed by atoms with Gasteiger partial charge >= 0.3 is 0 Å². The summed E-state index contributed by atoms with van der Waals surface area (Å²) >= 11 is 19.2. The zero-order chi connectivity index (χ0) is 55.7. The van der Waals surface area contributed by atoms with Crippen molar-refractivity contribution in [1.82, 2.24) is 30.7 Å². The van der Waals surface area contributed by atoms with Crippen LogP contribution >= 0.6 is 72.0 Å². The Morgan fingerprint density at radius 2 is 0.679 bits per heavy atom. The van der Waals surface area contributed by atoms with Crippen molar-refractivity contribution in [2.45, 2.75) is 63.6 Å². The number of likely N-dealkylation sites (tertiary alicyclic amines) is 3. The number of rotatable bonds is 18. The topological polar surface area (TPSA) is 148 Å². The quantitative estimate of drug-likeness (QED) is 0.0759. The number of nitriles is 1. The molecule has 9 rings (SSSR count). The number of ether oxygens (including phenoxy) is 3. The molecule has 0 spiro atoms. The summed E-state index contributed by atoms with van der Waals surface area (Å²) in [6.45, 7) is 9.21. The summed E-state index contributed by atoms with van der Waals surface area (Å²) in [7, 11) is 4.79. The van der Waals surface area contributed by atoms with E-state index >= 15 is 0 Å². The predicted molar refractivity (Wildman–Crippen MR) is 334 cm³/mol. The predicted octanol–water partition coefficient (Wildman–Crippen LogP) is 13.5. The second-order valence-electron chi connectivity index (χ2n) is 18.9. The molecule has 6 aromatic carbocycles. The number of hydrogen-bond donors (Lipinski definition) is 3. The molecule has 0 saturated carbocycles. The lowest BCUT2D eigenvalue weighted by Gasteiger charge is -2.29. The summed E-state index contributed by atoms with van der Waals surface area (Å²) < 4.78 is 15.6. The normalized spacial score (nSPS) is 14.7. The van der Waals surface area contributed by atoms with E-state index in [1.54, 1.807) is 63.8 Å². The van der Waals surface area contributed by atoms with Gasteiger partial charge in [-0.05, 0) is 167 Å². The Bertz CT molecular complexity index is 2600. The second kappa shape index (κ2) is 37.4. The van der Waals surface area contributed by atoms with E-state index in [4.69, 9.17) is 54.3 Å². The molecule has 6 aromatic rings. The number of methoxy groups -OCH3 is 3. The zero-order valence-electron chi connectivity index (χ0n) is 46.3. The van der Waals surface area contributed by atoms with Gasteiger partial charge in [0.25, 0.3) is 17.7 Å². The van der Waals surface area contributed by atoms with Gasteiger partial charge in [0.15, 0.2) is 0 Å². The van der Waals surface area contributed by atoms with Crippen molar-refractivity contribution in [2.24, 2.45) is 0 Å². The number of nitrogens with one attached hydrogen (secondary N) is 3. The lowest BCUT2D eigenvalue weighted by atomic mass is 10.0. The summed E-state index contributed by atoms with van der Waals surface area (Å²) in [6.07, 6.45) is 7.11. The van der Waals surface area contributed by atoms with Crippen molar-refractivity contribution in [3.05, 3.63) is 194 Å². The minimum absolute atomic E-state index is 0. The van der Waals surface area contributed by atoms with E-state index in [1.807, 2.05) is 109 Å². The van der Waals surface area contributed by atoms with Crippen molar-refractivity contribution in [3.63, 3.8) is 0 Å². The number of carbonyl (C=O) groups is 3. The van der Waals surface area contributed by atoms with Gasteiger partial charge in [0.1, 0.15) is 17.2 Å². The molecular formula is C62H75Cl6N7O6. The lowest BCUT2D eigenvalue weighted by Crippen LogP contribution is -2.37. The van der Waals surface area contributed by atoms with Crippen LogP contribution < -0.4 is 30.2 Å². The molecule has 436 valence electrons. The van der Waals surface area contributed by atoms with E-state index in [2.05, 4.69) is 30.7 Å². The van der Waals surface area contributed by atoms with E-state index < -0.39 is 0 Å². The van der Waals surface area contributed by atoms with Crippen LogP contribution in [0.2, 0.25) is 15.1 Å². The maximum atomic E-state index is 12.5. The van der Waals surface area contributed by atoms with Crippen molar-refractivity contribution in [1.29, 1.82) is 5.26 Å². The molecule has 19 heteroatoms. The van der Waals surface area contributed by atoms with E-state index in [-0.39, 0.29) is 73.1 Å². The number of hydrogen-bond acceptors (Lipinski definition) is 10. The SMILES string of the molecule is CC#N.COc1cccc(C(=O)NCC(c2ccccc2Cl)N2CCCC2)c1.COc1cccc(C(=O)NCC(c2ccccc2Cl)N2CCCC2)c1.COc1cccc(C(=O)NCC(c2ccccc2Cl)N2CCCC2)c1.Cl.Cl.Cl. The first-order valence-electron chi connectivity index (χ1n) is 26.5. The Morgan fingerprint density at radius 3 is 0.901 bits per heavy atom. The average molecular weight is 1230 g/mol. The Morgan fingerprint density at radius 1 is 0.444 bits per heavy atom. The number of nitrogens with zero attached hydrogens (tertiary/aromatic N) is 4. The zero-order valence-corrected chi connectivity index (χ0v) is 51.0. The van der Waals surface area contributed by atoms with Crippen LogP contribution in [0.3, 0.4) is 0 Å². The van der Waals surface area contributed by atoms with E-state index in [9.17, 15) is 14.4 Å². The smallest absolute Gasteiger partial charge is 0.251 e. The summed E-state index contributed by atoms with van der Waals surface area (Å²) in [5.74, 6) is 1.72. The van der Waals surface area contributed by atoms with Gasteiger partial charge in [-0.15, -0.1) is 37.2 Å². The number of benzene rings is 6.